The van der Waals surface area contributed by atoms with Crippen LogP contribution in [0, 0.1) is 46.3 Å². The summed E-state index contributed by atoms with van der Waals surface area (Å²) in [5.41, 5.74) is 0.384. The Morgan fingerprint density at radius 3 is 2.38 bits per heavy atom. The first-order chi connectivity index (χ1) is 15.2. The Morgan fingerprint density at radius 1 is 1.00 bits per heavy atom. The molecule has 4 saturated carbocycles. The van der Waals surface area contributed by atoms with Gasteiger partial charge < -0.3 is 14.6 Å². The van der Waals surface area contributed by atoms with Crippen LogP contribution in [0.5, 0.6) is 0 Å². The maximum Gasteiger partial charge on any atom is 0.303 e. The molecule has 0 heterocycles. The zero-order valence-electron chi connectivity index (χ0n) is 19.8. The lowest BCUT2D eigenvalue weighted by atomic mass is 9.43. The molecule has 6 heteroatoms. The third kappa shape index (κ3) is 3.86. The van der Waals surface area contributed by atoms with E-state index in [4.69, 9.17) is 14.6 Å². The summed E-state index contributed by atoms with van der Waals surface area (Å²) in [6.07, 6.45) is 9.23. The molecule has 180 valence electrons. The lowest BCUT2D eigenvalue weighted by molar-refractivity contribution is -0.190. The van der Waals surface area contributed by atoms with Crippen molar-refractivity contribution in [2.75, 3.05) is 0 Å². The van der Waals surface area contributed by atoms with Crippen molar-refractivity contribution in [3.63, 3.8) is 0 Å². The van der Waals surface area contributed by atoms with Crippen LogP contribution in [0.25, 0.3) is 0 Å². The van der Waals surface area contributed by atoms with E-state index in [1.165, 1.54) is 6.42 Å². The molecule has 1 N–H and O–H groups in total. The highest BCUT2D eigenvalue weighted by molar-refractivity contribution is 5.66. The van der Waals surface area contributed by atoms with Gasteiger partial charge in [0.15, 0.2) is 0 Å². The molecule has 0 aromatic rings. The number of fused-ring (bicyclic) bond motifs is 5. The van der Waals surface area contributed by atoms with Gasteiger partial charge in [-0.05, 0) is 98.2 Å². The molecule has 4 aliphatic carbocycles. The summed E-state index contributed by atoms with van der Waals surface area (Å²) in [4.78, 5) is 33.6. The summed E-state index contributed by atoms with van der Waals surface area (Å²) < 4.78 is 11.1. The first kappa shape index (κ1) is 23.6. The smallest absolute Gasteiger partial charge is 0.303 e. The van der Waals surface area contributed by atoms with Gasteiger partial charge in [-0.15, -0.1) is 0 Å². The van der Waals surface area contributed by atoms with Crippen LogP contribution < -0.4 is 0 Å². The van der Waals surface area contributed by atoms with Gasteiger partial charge in [0.1, 0.15) is 12.2 Å². The van der Waals surface area contributed by atoms with E-state index in [0.717, 1.165) is 51.4 Å². The predicted octanol–water partition coefficient (Wildman–Crippen LogP) is 4.84. The van der Waals surface area contributed by atoms with Crippen molar-refractivity contribution >= 4 is 18.9 Å². The van der Waals surface area contributed by atoms with Gasteiger partial charge in [-0.3, -0.25) is 14.4 Å². The fraction of sp³-hybridized carbons (Fsp3) is 0.885. The van der Waals surface area contributed by atoms with E-state index < -0.39 is 5.97 Å². The molecule has 0 aliphatic heterocycles. The lowest BCUT2D eigenvalue weighted by Crippen LogP contribution is -2.59. The first-order valence-electron chi connectivity index (χ1n) is 12.6. The van der Waals surface area contributed by atoms with Gasteiger partial charge in [0.05, 0.1) is 0 Å². The van der Waals surface area contributed by atoms with Crippen LogP contribution in [0.2, 0.25) is 0 Å². The Labute approximate surface area is 191 Å². The molecule has 0 unspecified atom stereocenters. The topological polar surface area (TPSA) is 89.9 Å². The molecule has 32 heavy (non-hydrogen) atoms. The number of hydrogen-bond acceptors (Lipinski definition) is 5. The zero-order chi connectivity index (χ0) is 23.1. The molecule has 0 amide bonds. The highest BCUT2D eigenvalue weighted by atomic mass is 16.5. The zero-order valence-corrected chi connectivity index (χ0v) is 19.8. The van der Waals surface area contributed by atoms with Crippen molar-refractivity contribution in [1.29, 1.82) is 0 Å². The van der Waals surface area contributed by atoms with E-state index in [1.54, 1.807) is 0 Å². The molecule has 0 bridgehead atoms. The molecule has 10 atom stereocenters. The predicted molar refractivity (Wildman–Crippen MR) is 119 cm³/mol. The van der Waals surface area contributed by atoms with E-state index in [2.05, 4.69) is 20.8 Å². The molecule has 0 spiro atoms. The number of rotatable bonds is 8. The van der Waals surface area contributed by atoms with Crippen molar-refractivity contribution in [3.05, 3.63) is 0 Å². The fourth-order valence-corrected chi connectivity index (χ4v) is 9.10. The van der Waals surface area contributed by atoms with Gasteiger partial charge in [0, 0.05) is 12.3 Å². The Bertz CT molecular complexity index is 723. The summed E-state index contributed by atoms with van der Waals surface area (Å²) in [6, 6.07) is 0. The molecule has 0 radical (unpaired) electrons. The lowest BCUT2D eigenvalue weighted by Gasteiger charge is -2.62. The van der Waals surface area contributed by atoms with Crippen LogP contribution in [0.1, 0.15) is 85.0 Å². The monoisotopic (exact) mass is 448 g/mol. The van der Waals surface area contributed by atoms with Crippen molar-refractivity contribution in [2.24, 2.45) is 46.3 Å². The third-order valence-electron chi connectivity index (χ3n) is 10.7. The first-order valence-corrected chi connectivity index (χ1v) is 12.6. The van der Waals surface area contributed by atoms with E-state index >= 15 is 0 Å². The highest BCUT2D eigenvalue weighted by Crippen LogP contribution is 2.68. The minimum Gasteiger partial charge on any atom is -0.481 e. The molecule has 4 fully saturated rings. The van der Waals surface area contributed by atoms with Crippen LogP contribution in [0.3, 0.4) is 0 Å². The van der Waals surface area contributed by atoms with Crippen molar-refractivity contribution in [1.82, 2.24) is 0 Å². The molecule has 0 saturated heterocycles. The second-order valence-corrected chi connectivity index (χ2v) is 11.8. The largest absolute Gasteiger partial charge is 0.481 e. The summed E-state index contributed by atoms with van der Waals surface area (Å²) in [5.74, 6) is 2.04. The summed E-state index contributed by atoms with van der Waals surface area (Å²) in [6.45, 7) is 8.33. The number of carboxylic acids is 1. The second-order valence-electron chi connectivity index (χ2n) is 11.8. The Balaban J connectivity index is 1.58. The van der Waals surface area contributed by atoms with Crippen molar-refractivity contribution < 1.29 is 29.0 Å². The molecular formula is C26H40O6. The highest BCUT2D eigenvalue weighted by Gasteiger charge is 2.63. The van der Waals surface area contributed by atoms with Crippen LogP contribution in [-0.2, 0) is 23.9 Å². The third-order valence-corrected chi connectivity index (χ3v) is 10.7. The van der Waals surface area contributed by atoms with E-state index in [0.29, 0.717) is 48.5 Å². The molecule has 4 rings (SSSR count). The van der Waals surface area contributed by atoms with Crippen LogP contribution in [0.4, 0.5) is 0 Å². The van der Waals surface area contributed by atoms with Crippen molar-refractivity contribution in [2.45, 2.75) is 97.2 Å². The Morgan fingerprint density at radius 2 is 1.69 bits per heavy atom. The molecule has 0 aromatic heterocycles. The number of aliphatic carboxylic acids is 1. The normalized spacial score (nSPS) is 46.2. The van der Waals surface area contributed by atoms with Crippen molar-refractivity contribution in [3.8, 4) is 0 Å². The number of carbonyl (C=O) groups is 3. The van der Waals surface area contributed by atoms with Gasteiger partial charge in [-0.1, -0.05) is 20.8 Å². The Kier molecular flexibility index (Phi) is 6.61. The molecule has 6 nitrogen and oxygen atoms in total. The van der Waals surface area contributed by atoms with E-state index in [-0.39, 0.29) is 29.5 Å². The van der Waals surface area contributed by atoms with Gasteiger partial charge in [-0.2, -0.15) is 0 Å². The van der Waals surface area contributed by atoms with Gasteiger partial charge in [-0.25, -0.2) is 0 Å². The SMILES string of the molecule is C[C@H](CCC(=O)O)[C@H]1CC[C@H]2[C@@H]3[C@@H](OC=O)C[C@@H]4C[C@H](OC=O)CC[C@]4(C)[C@H]3CC[C@]12C. The number of carboxylic acid groups (broad SMARTS) is 1. The van der Waals surface area contributed by atoms with Gasteiger partial charge >= 0.3 is 5.97 Å². The summed E-state index contributed by atoms with van der Waals surface area (Å²) in [7, 11) is 0. The quantitative estimate of drug-likeness (QED) is 0.535. The van der Waals surface area contributed by atoms with Crippen LogP contribution >= 0.6 is 0 Å². The minimum absolute atomic E-state index is 0.0150. The fourth-order valence-electron chi connectivity index (χ4n) is 9.10. The average molecular weight is 449 g/mol. The van der Waals surface area contributed by atoms with Crippen LogP contribution in [0.15, 0.2) is 0 Å². The van der Waals surface area contributed by atoms with E-state index in [9.17, 15) is 14.4 Å². The maximum absolute atomic E-state index is 11.5. The summed E-state index contributed by atoms with van der Waals surface area (Å²) in [5, 5.41) is 9.16. The molecule has 4 aliphatic rings. The number of carbonyl (C=O) groups excluding carboxylic acids is 2. The van der Waals surface area contributed by atoms with Crippen LogP contribution in [-0.4, -0.2) is 36.2 Å². The standard InChI is InChI=1S/C26H40O6/c1-16(4-7-23(29)30)19-5-6-20-24-21(9-11-26(19,20)3)25(2)10-8-18(31-14-27)12-17(25)13-22(24)32-15-28/h14-22,24H,4-13H2,1-3H3,(H,29,30)/t16-,17+,18-,19-,20+,21+,22+,24+,25+,26-/m1/s1. The minimum atomic E-state index is -0.708. The van der Waals surface area contributed by atoms with Gasteiger partial charge in [0.25, 0.3) is 12.9 Å². The molecule has 0 aromatic carbocycles. The number of ether oxygens (including phenoxy) is 2. The number of hydrogen-bond donors (Lipinski definition) is 1. The second kappa shape index (κ2) is 8.98. The molecular weight excluding hydrogens is 408 g/mol. The Hall–Kier alpha value is -1.59. The summed E-state index contributed by atoms with van der Waals surface area (Å²) >= 11 is 0. The van der Waals surface area contributed by atoms with Gasteiger partial charge in [0.2, 0.25) is 0 Å². The van der Waals surface area contributed by atoms with E-state index in [1.807, 2.05) is 0 Å². The average Bonchev–Trinajstić information content (AvgIpc) is 3.10. The maximum atomic E-state index is 11.5.